The van der Waals surface area contributed by atoms with Crippen LogP contribution in [0.5, 0.6) is 0 Å². The van der Waals surface area contributed by atoms with Gasteiger partial charge in [-0.2, -0.15) is 0 Å². The van der Waals surface area contributed by atoms with Crippen LogP contribution in [0, 0.1) is 11.8 Å². The predicted octanol–water partition coefficient (Wildman–Crippen LogP) is 1.53. The molecular formula is C15H26N2O3. The number of amides is 1. The van der Waals surface area contributed by atoms with Crippen LogP contribution in [0.15, 0.2) is 0 Å². The predicted molar refractivity (Wildman–Crippen MR) is 76.4 cm³/mol. The Balaban J connectivity index is 1.80. The van der Waals surface area contributed by atoms with Gasteiger partial charge in [-0.15, -0.1) is 0 Å². The molecule has 114 valence electrons. The lowest BCUT2D eigenvalue weighted by Crippen LogP contribution is -2.46. The summed E-state index contributed by atoms with van der Waals surface area (Å²) in [4.78, 5) is 23.4. The zero-order valence-electron chi connectivity index (χ0n) is 12.1. The minimum absolute atomic E-state index is 0.0432. The molecule has 1 saturated heterocycles. The number of carbonyl (C=O) groups excluding carboxylic acids is 1. The SMILES string of the molecule is O=C(NCC1CCCCC1C(=O)O)C1CCCCCN1. The highest BCUT2D eigenvalue weighted by atomic mass is 16.4. The van der Waals surface area contributed by atoms with Crippen molar-refractivity contribution < 1.29 is 14.7 Å². The second kappa shape index (κ2) is 7.62. The summed E-state index contributed by atoms with van der Waals surface area (Å²) in [6, 6.07) is -0.0932. The molecule has 0 spiro atoms. The lowest BCUT2D eigenvalue weighted by atomic mass is 9.79. The van der Waals surface area contributed by atoms with Gasteiger partial charge < -0.3 is 15.7 Å². The van der Waals surface area contributed by atoms with Gasteiger partial charge in [0, 0.05) is 6.54 Å². The zero-order chi connectivity index (χ0) is 14.4. The van der Waals surface area contributed by atoms with Crippen LogP contribution in [0.25, 0.3) is 0 Å². The summed E-state index contributed by atoms with van der Waals surface area (Å²) in [5.41, 5.74) is 0. The van der Waals surface area contributed by atoms with Gasteiger partial charge in [0.1, 0.15) is 0 Å². The number of carbonyl (C=O) groups is 2. The van der Waals surface area contributed by atoms with Gasteiger partial charge in [0.2, 0.25) is 5.91 Å². The van der Waals surface area contributed by atoms with Crippen molar-refractivity contribution in [3.8, 4) is 0 Å². The summed E-state index contributed by atoms with van der Waals surface area (Å²) >= 11 is 0. The molecule has 2 rings (SSSR count). The lowest BCUT2D eigenvalue weighted by molar-refractivity contribution is -0.145. The monoisotopic (exact) mass is 282 g/mol. The first-order valence-electron chi connectivity index (χ1n) is 7.92. The van der Waals surface area contributed by atoms with Crippen LogP contribution in [0.1, 0.15) is 51.4 Å². The molecule has 1 aliphatic heterocycles. The number of carboxylic acid groups (broad SMARTS) is 1. The largest absolute Gasteiger partial charge is 0.481 e. The molecule has 3 atom stereocenters. The Bertz CT molecular complexity index is 338. The Labute approximate surface area is 120 Å². The van der Waals surface area contributed by atoms with E-state index in [4.69, 9.17) is 0 Å². The van der Waals surface area contributed by atoms with Crippen molar-refractivity contribution in [2.45, 2.75) is 57.4 Å². The fraction of sp³-hybridized carbons (Fsp3) is 0.867. The third-order valence-corrected chi connectivity index (χ3v) is 4.64. The first-order chi connectivity index (χ1) is 9.68. The van der Waals surface area contributed by atoms with Crippen LogP contribution < -0.4 is 10.6 Å². The van der Waals surface area contributed by atoms with Gasteiger partial charge in [-0.1, -0.05) is 25.7 Å². The smallest absolute Gasteiger partial charge is 0.306 e. The van der Waals surface area contributed by atoms with Crippen LogP contribution in [0.4, 0.5) is 0 Å². The second-order valence-corrected chi connectivity index (χ2v) is 6.09. The van der Waals surface area contributed by atoms with Crippen molar-refractivity contribution in [2.75, 3.05) is 13.1 Å². The van der Waals surface area contributed by atoms with Crippen molar-refractivity contribution in [3.05, 3.63) is 0 Å². The topological polar surface area (TPSA) is 78.4 Å². The summed E-state index contributed by atoms with van der Waals surface area (Å²) < 4.78 is 0. The number of rotatable bonds is 4. The average molecular weight is 282 g/mol. The molecule has 0 bridgehead atoms. The Morgan fingerprint density at radius 2 is 1.80 bits per heavy atom. The Kier molecular flexibility index (Phi) is 5.83. The fourth-order valence-corrected chi connectivity index (χ4v) is 3.38. The molecule has 0 aromatic heterocycles. The van der Waals surface area contributed by atoms with Crippen molar-refractivity contribution in [3.63, 3.8) is 0 Å². The van der Waals surface area contributed by atoms with Crippen molar-refractivity contribution in [1.29, 1.82) is 0 Å². The molecule has 2 aliphatic rings. The van der Waals surface area contributed by atoms with E-state index in [0.29, 0.717) is 6.54 Å². The van der Waals surface area contributed by atoms with Gasteiger partial charge in [0.25, 0.3) is 0 Å². The molecule has 0 aromatic rings. The summed E-state index contributed by atoms with van der Waals surface area (Å²) in [5.74, 6) is -0.861. The molecule has 1 saturated carbocycles. The van der Waals surface area contributed by atoms with Gasteiger partial charge >= 0.3 is 5.97 Å². The summed E-state index contributed by atoms with van der Waals surface area (Å²) in [6.07, 6.45) is 8.02. The second-order valence-electron chi connectivity index (χ2n) is 6.09. The fourth-order valence-electron chi connectivity index (χ4n) is 3.38. The summed E-state index contributed by atoms with van der Waals surface area (Å²) in [7, 11) is 0. The molecule has 5 heteroatoms. The van der Waals surface area contributed by atoms with E-state index < -0.39 is 5.97 Å². The van der Waals surface area contributed by atoms with E-state index in [-0.39, 0.29) is 23.8 Å². The third-order valence-electron chi connectivity index (χ3n) is 4.64. The molecule has 2 fully saturated rings. The van der Waals surface area contributed by atoms with Gasteiger partial charge in [-0.25, -0.2) is 0 Å². The maximum atomic E-state index is 12.1. The van der Waals surface area contributed by atoms with Crippen LogP contribution in [0.3, 0.4) is 0 Å². The molecule has 1 aliphatic carbocycles. The lowest BCUT2D eigenvalue weighted by Gasteiger charge is -2.29. The average Bonchev–Trinajstić information content (AvgIpc) is 2.74. The summed E-state index contributed by atoms with van der Waals surface area (Å²) in [6.45, 7) is 1.41. The van der Waals surface area contributed by atoms with E-state index in [0.717, 1.165) is 51.5 Å². The molecule has 0 radical (unpaired) electrons. The van der Waals surface area contributed by atoms with Crippen molar-refractivity contribution in [1.82, 2.24) is 10.6 Å². The molecule has 1 amide bonds. The van der Waals surface area contributed by atoms with Crippen LogP contribution in [-0.4, -0.2) is 36.1 Å². The van der Waals surface area contributed by atoms with Crippen molar-refractivity contribution in [2.24, 2.45) is 11.8 Å². The van der Waals surface area contributed by atoms with Gasteiger partial charge in [-0.3, -0.25) is 9.59 Å². The molecular weight excluding hydrogens is 256 g/mol. The van der Waals surface area contributed by atoms with Gasteiger partial charge in [0.05, 0.1) is 12.0 Å². The van der Waals surface area contributed by atoms with E-state index >= 15 is 0 Å². The zero-order valence-corrected chi connectivity index (χ0v) is 12.1. The van der Waals surface area contributed by atoms with E-state index in [1.807, 2.05) is 0 Å². The Morgan fingerprint density at radius 1 is 1.05 bits per heavy atom. The van der Waals surface area contributed by atoms with Gasteiger partial charge in [0.15, 0.2) is 0 Å². The first kappa shape index (κ1) is 15.3. The molecule has 0 aromatic carbocycles. The number of hydrogen-bond donors (Lipinski definition) is 3. The first-order valence-corrected chi connectivity index (χ1v) is 7.92. The number of aliphatic carboxylic acids is 1. The quantitative estimate of drug-likeness (QED) is 0.730. The van der Waals surface area contributed by atoms with Crippen LogP contribution in [-0.2, 0) is 9.59 Å². The normalized spacial score (nSPS) is 31.3. The maximum absolute atomic E-state index is 12.1. The van der Waals surface area contributed by atoms with E-state index in [1.54, 1.807) is 0 Å². The number of nitrogens with one attached hydrogen (secondary N) is 2. The van der Waals surface area contributed by atoms with Crippen LogP contribution >= 0.6 is 0 Å². The third kappa shape index (κ3) is 4.20. The van der Waals surface area contributed by atoms with Crippen molar-refractivity contribution >= 4 is 11.9 Å². The minimum Gasteiger partial charge on any atom is -0.481 e. The molecule has 3 unspecified atom stereocenters. The molecule has 20 heavy (non-hydrogen) atoms. The molecule has 5 nitrogen and oxygen atoms in total. The molecule has 1 heterocycles. The number of carboxylic acids is 1. The standard InChI is InChI=1S/C15H26N2O3/c18-14(13-8-2-1-5-9-16-13)17-10-11-6-3-4-7-12(11)15(19)20/h11-13,16H,1-10H2,(H,17,18)(H,19,20). The Hall–Kier alpha value is -1.10. The van der Waals surface area contributed by atoms with E-state index in [1.165, 1.54) is 6.42 Å². The molecule has 3 N–H and O–H groups in total. The van der Waals surface area contributed by atoms with E-state index in [2.05, 4.69) is 10.6 Å². The van der Waals surface area contributed by atoms with E-state index in [9.17, 15) is 14.7 Å². The highest BCUT2D eigenvalue weighted by Crippen LogP contribution is 2.29. The summed E-state index contributed by atoms with van der Waals surface area (Å²) in [5, 5.41) is 15.5. The van der Waals surface area contributed by atoms with Gasteiger partial charge in [-0.05, 0) is 38.1 Å². The highest BCUT2D eigenvalue weighted by Gasteiger charge is 2.31. The van der Waals surface area contributed by atoms with Crippen LogP contribution in [0.2, 0.25) is 0 Å². The maximum Gasteiger partial charge on any atom is 0.306 e. The minimum atomic E-state index is -0.712. The number of hydrogen-bond acceptors (Lipinski definition) is 3. The highest BCUT2D eigenvalue weighted by molar-refractivity contribution is 5.81. The Morgan fingerprint density at radius 3 is 2.60 bits per heavy atom.